The van der Waals surface area contributed by atoms with Crippen molar-refractivity contribution in [3.8, 4) is 6.07 Å². The predicted molar refractivity (Wildman–Crippen MR) is 102 cm³/mol. The summed E-state index contributed by atoms with van der Waals surface area (Å²) in [6.45, 7) is 2.76. The van der Waals surface area contributed by atoms with Gasteiger partial charge in [-0.3, -0.25) is 15.0 Å². The van der Waals surface area contributed by atoms with Gasteiger partial charge in [-0.05, 0) is 12.8 Å². The molecule has 14 heteroatoms. The quantitative estimate of drug-likeness (QED) is 0.141. The van der Waals surface area contributed by atoms with Gasteiger partial charge >= 0.3 is 17.7 Å². The van der Waals surface area contributed by atoms with Gasteiger partial charge in [0.2, 0.25) is 5.88 Å². The molecule has 0 aromatic rings. The summed E-state index contributed by atoms with van der Waals surface area (Å²) in [5.41, 5.74) is -0.00194. The van der Waals surface area contributed by atoms with Crippen molar-refractivity contribution in [2.75, 3.05) is 13.6 Å². The third-order valence-corrected chi connectivity index (χ3v) is 5.01. The Morgan fingerprint density at radius 1 is 1.23 bits per heavy atom. The van der Waals surface area contributed by atoms with E-state index in [0.717, 1.165) is 11.0 Å². The maximum atomic E-state index is 12.5. The number of carbonyl (C=O) groups is 2. The topological polar surface area (TPSA) is 222 Å². The lowest BCUT2D eigenvalue weighted by Gasteiger charge is -2.46. The summed E-state index contributed by atoms with van der Waals surface area (Å²) in [7, 11) is 1.33. The second kappa shape index (κ2) is 8.47. The molecule has 31 heavy (non-hydrogen) atoms. The molecule has 0 radical (unpaired) electrons. The first-order valence-corrected chi connectivity index (χ1v) is 9.39. The van der Waals surface area contributed by atoms with Gasteiger partial charge < -0.3 is 46.2 Å². The summed E-state index contributed by atoms with van der Waals surface area (Å²) in [5.74, 6) is -9.50. The van der Waals surface area contributed by atoms with E-state index in [0.29, 0.717) is 4.90 Å². The molecule has 0 fully saturated rings. The molecule has 2 aliphatic heterocycles. The fourth-order valence-corrected chi connectivity index (χ4v) is 3.54. The smallest absolute Gasteiger partial charge is 0.336 e. The number of aliphatic hydroxyl groups is 6. The molecule has 2 aliphatic rings. The van der Waals surface area contributed by atoms with Gasteiger partial charge in [-0.25, -0.2) is 4.79 Å². The van der Waals surface area contributed by atoms with Crippen molar-refractivity contribution in [3.05, 3.63) is 23.0 Å². The zero-order valence-corrected chi connectivity index (χ0v) is 17.1. The average molecular weight is 442 g/mol. The highest BCUT2D eigenvalue weighted by Gasteiger charge is 2.51. The number of aliphatic hydroxyl groups excluding tert-OH is 2. The Kier molecular flexibility index (Phi) is 6.57. The molecule has 2 atom stereocenters. The zero-order valence-electron chi connectivity index (χ0n) is 17.1. The Labute approximate surface area is 177 Å². The van der Waals surface area contributed by atoms with E-state index in [4.69, 9.17) is 5.26 Å². The first-order chi connectivity index (χ1) is 14.3. The summed E-state index contributed by atoms with van der Waals surface area (Å²) in [4.78, 5) is 26.0. The molecule has 14 nitrogen and oxygen atoms in total. The molecule has 0 saturated heterocycles. The number of rotatable bonds is 8. The Balaban J connectivity index is 2.52. The van der Waals surface area contributed by atoms with Crippen molar-refractivity contribution in [2.45, 2.75) is 50.6 Å². The van der Waals surface area contributed by atoms with Gasteiger partial charge in [0.25, 0.3) is 5.91 Å². The maximum absolute atomic E-state index is 12.5. The van der Waals surface area contributed by atoms with Crippen LogP contribution in [0.1, 0.15) is 26.7 Å². The molecule has 2 rings (SSSR count). The van der Waals surface area contributed by atoms with Crippen LogP contribution in [0.2, 0.25) is 0 Å². The lowest BCUT2D eigenvalue weighted by molar-refractivity contribution is -0.295. The molecule has 3 amide bonds. The first kappa shape index (κ1) is 24.0. The predicted octanol–water partition coefficient (Wildman–Crippen LogP) is -2.48. The number of fused-ring (bicyclic) bond motifs is 1. The number of nitriles is 1. The Hall–Kier alpha value is -3.25. The summed E-state index contributed by atoms with van der Waals surface area (Å²) >= 11 is 0. The van der Waals surface area contributed by atoms with Gasteiger partial charge in [0.1, 0.15) is 24.1 Å². The third-order valence-electron chi connectivity index (χ3n) is 5.01. The van der Waals surface area contributed by atoms with E-state index in [9.17, 15) is 40.2 Å². The van der Waals surface area contributed by atoms with Crippen LogP contribution in [0.4, 0.5) is 4.79 Å². The lowest BCUT2D eigenvalue weighted by Crippen LogP contribution is -2.67. The highest BCUT2D eigenvalue weighted by Crippen LogP contribution is 2.31. The molecule has 172 valence electrons. The SMILES string of the molecule is CCCN(C(=O)C(O)(O)C#N)C(O)(O)C(CC)N(C)C1=C2C(O)=C(O)NC2NC(=O)N1. The van der Waals surface area contributed by atoms with Crippen molar-refractivity contribution >= 4 is 11.9 Å². The van der Waals surface area contributed by atoms with Gasteiger partial charge in [-0.2, -0.15) is 5.26 Å². The van der Waals surface area contributed by atoms with Crippen LogP contribution in [0.3, 0.4) is 0 Å². The number of likely N-dealkylation sites (N-methyl/N-ethyl adjacent to an activating group) is 1. The Bertz CT molecular complexity index is 861. The van der Waals surface area contributed by atoms with E-state index < -0.39 is 47.5 Å². The fourth-order valence-electron chi connectivity index (χ4n) is 3.54. The second-order valence-electron chi connectivity index (χ2n) is 7.10. The monoisotopic (exact) mass is 442 g/mol. The molecular formula is C17H26N6O8. The standard InChI is InChI=1S/C17H26N6O8/c1-4-6-23(14(26)16(28,29)7-18)17(30,31)8(5-2)22(3)12-9-10(24)13(25)19-11(9)20-15(27)21-12/h8,11,19,24-25,28-31H,4-6H2,1-3H3,(H2,20,21,27). The summed E-state index contributed by atoms with van der Waals surface area (Å²) in [5, 5.41) is 77.1. The number of nitrogens with one attached hydrogen (secondary N) is 3. The highest BCUT2D eigenvalue weighted by atomic mass is 16.5. The molecule has 0 aromatic heterocycles. The highest BCUT2D eigenvalue weighted by molar-refractivity contribution is 5.86. The molecule has 0 aliphatic carbocycles. The fraction of sp³-hybridized carbons (Fsp3) is 0.588. The first-order valence-electron chi connectivity index (χ1n) is 9.39. The minimum atomic E-state index is -3.50. The average Bonchev–Trinajstić information content (AvgIpc) is 2.98. The Morgan fingerprint density at radius 3 is 2.35 bits per heavy atom. The number of urea groups is 1. The molecule has 0 bridgehead atoms. The van der Waals surface area contributed by atoms with Crippen LogP contribution in [0.25, 0.3) is 0 Å². The van der Waals surface area contributed by atoms with E-state index in [1.54, 1.807) is 6.92 Å². The van der Waals surface area contributed by atoms with Gasteiger partial charge in [0, 0.05) is 13.6 Å². The minimum Gasteiger partial charge on any atom is -0.503 e. The molecule has 9 N–H and O–H groups in total. The van der Waals surface area contributed by atoms with Crippen molar-refractivity contribution in [3.63, 3.8) is 0 Å². The van der Waals surface area contributed by atoms with E-state index in [1.165, 1.54) is 14.0 Å². The summed E-state index contributed by atoms with van der Waals surface area (Å²) in [6, 6.07) is -1.14. The van der Waals surface area contributed by atoms with Crippen molar-refractivity contribution in [2.24, 2.45) is 0 Å². The van der Waals surface area contributed by atoms with Crippen LogP contribution in [0.15, 0.2) is 23.0 Å². The summed E-state index contributed by atoms with van der Waals surface area (Å²) in [6.07, 6.45) is -0.888. The molecule has 2 heterocycles. The second-order valence-corrected chi connectivity index (χ2v) is 7.10. The van der Waals surface area contributed by atoms with E-state index in [2.05, 4.69) is 16.0 Å². The molecule has 0 spiro atoms. The van der Waals surface area contributed by atoms with Crippen molar-refractivity contribution in [1.82, 2.24) is 25.8 Å². The van der Waals surface area contributed by atoms with Crippen LogP contribution in [-0.4, -0.2) is 89.9 Å². The number of hydrogen-bond acceptors (Lipinski definition) is 11. The van der Waals surface area contributed by atoms with Gasteiger partial charge in [-0.1, -0.05) is 13.8 Å². The molecule has 0 aromatic carbocycles. The maximum Gasteiger partial charge on any atom is 0.336 e. The van der Waals surface area contributed by atoms with Crippen LogP contribution in [-0.2, 0) is 4.79 Å². The summed E-state index contributed by atoms with van der Waals surface area (Å²) < 4.78 is 0. The Morgan fingerprint density at radius 2 is 1.84 bits per heavy atom. The zero-order chi connectivity index (χ0) is 23.7. The normalized spacial score (nSPS) is 19.7. The van der Waals surface area contributed by atoms with Crippen LogP contribution < -0.4 is 16.0 Å². The van der Waals surface area contributed by atoms with Gasteiger partial charge in [-0.15, -0.1) is 0 Å². The number of nitrogens with zero attached hydrogens (tertiary/aromatic N) is 3. The molecular weight excluding hydrogens is 416 g/mol. The lowest BCUT2D eigenvalue weighted by atomic mass is 10.0. The van der Waals surface area contributed by atoms with Gasteiger partial charge in [0.05, 0.1) is 5.57 Å². The van der Waals surface area contributed by atoms with Crippen molar-refractivity contribution < 1.29 is 40.2 Å². The minimum absolute atomic E-state index is 0.00194. The van der Waals surface area contributed by atoms with E-state index >= 15 is 0 Å². The van der Waals surface area contributed by atoms with Gasteiger partial charge in [0.15, 0.2) is 5.76 Å². The van der Waals surface area contributed by atoms with E-state index in [-0.39, 0.29) is 30.8 Å². The van der Waals surface area contributed by atoms with Crippen molar-refractivity contribution in [1.29, 1.82) is 5.26 Å². The molecule has 2 unspecified atom stereocenters. The van der Waals surface area contributed by atoms with Crippen LogP contribution in [0, 0.1) is 11.3 Å². The number of hydrogen-bond donors (Lipinski definition) is 9. The largest absolute Gasteiger partial charge is 0.503 e. The third kappa shape index (κ3) is 4.16. The number of amides is 3. The van der Waals surface area contributed by atoms with Crippen LogP contribution in [0.5, 0.6) is 0 Å². The number of carbonyl (C=O) groups excluding carboxylic acids is 2. The van der Waals surface area contributed by atoms with Crippen LogP contribution >= 0.6 is 0 Å². The molecule has 0 saturated carbocycles. The van der Waals surface area contributed by atoms with E-state index in [1.807, 2.05) is 0 Å².